The standard InChI is InChI=1S/C12H15N3O2/c1-2-12(17)15-10-7-8(3-5-9(10)13)4-6-11(14)16/h2-3,5,7H,1,4,6,13H2,(H2,14,16)(H,15,17). The maximum Gasteiger partial charge on any atom is 0.247 e. The predicted octanol–water partition coefficient (Wildman–Crippen LogP) is 0.811. The van der Waals surface area contributed by atoms with Gasteiger partial charge in [0, 0.05) is 6.42 Å². The van der Waals surface area contributed by atoms with Crippen LogP contribution in [0.2, 0.25) is 0 Å². The number of nitrogens with two attached hydrogens (primary N) is 2. The number of carbonyl (C=O) groups is 2. The number of nitrogen functional groups attached to an aromatic ring is 1. The molecule has 2 amide bonds. The number of primary amides is 1. The molecule has 0 spiro atoms. The molecule has 0 aromatic heterocycles. The van der Waals surface area contributed by atoms with Crippen LogP contribution in [-0.2, 0) is 16.0 Å². The third kappa shape index (κ3) is 3.98. The van der Waals surface area contributed by atoms with E-state index in [1.54, 1.807) is 18.2 Å². The van der Waals surface area contributed by atoms with E-state index in [2.05, 4.69) is 11.9 Å². The van der Waals surface area contributed by atoms with Gasteiger partial charge in [-0.05, 0) is 30.2 Å². The zero-order valence-corrected chi connectivity index (χ0v) is 9.40. The fourth-order valence-electron chi connectivity index (χ4n) is 1.32. The molecular formula is C12H15N3O2. The number of aryl methyl sites for hydroxylation is 1. The van der Waals surface area contributed by atoms with E-state index in [1.807, 2.05) is 0 Å². The normalized spacial score (nSPS) is 9.65. The highest BCUT2D eigenvalue weighted by Crippen LogP contribution is 2.20. The Labute approximate surface area is 99.5 Å². The Morgan fingerprint density at radius 3 is 2.71 bits per heavy atom. The number of hydrogen-bond donors (Lipinski definition) is 3. The second kappa shape index (κ2) is 5.69. The summed E-state index contributed by atoms with van der Waals surface area (Å²) in [7, 11) is 0. The van der Waals surface area contributed by atoms with E-state index < -0.39 is 0 Å². The minimum absolute atomic E-state index is 0.263. The van der Waals surface area contributed by atoms with Gasteiger partial charge >= 0.3 is 0 Å². The van der Waals surface area contributed by atoms with Crippen molar-refractivity contribution in [1.82, 2.24) is 0 Å². The van der Waals surface area contributed by atoms with Crippen molar-refractivity contribution < 1.29 is 9.59 Å². The molecule has 0 saturated heterocycles. The van der Waals surface area contributed by atoms with Crippen LogP contribution in [0.4, 0.5) is 11.4 Å². The first-order chi connectivity index (χ1) is 8.02. The number of carbonyl (C=O) groups excluding carboxylic acids is 2. The van der Waals surface area contributed by atoms with Crippen LogP contribution in [0, 0.1) is 0 Å². The topological polar surface area (TPSA) is 98.2 Å². The number of amides is 2. The Kier molecular flexibility index (Phi) is 4.28. The minimum atomic E-state index is -0.362. The van der Waals surface area contributed by atoms with Crippen LogP contribution < -0.4 is 16.8 Å². The van der Waals surface area contributed by atoms with Gasteiger partial charge in [-0.2, -0.15) is 0 Å². The smallest absolute Gasteiger partial charge is 0.247 e. The van der Waals surface area contributed by atoms with Crippen molar-refractivity contribution in [2.45, 2.75) is 12.8 Å². The lowest BCUT2D eigenvalue weighted by molar-refractivity contribution is -0.118. The number of nitrogens with one attached hydrogen (secondary N) is 1. The van der Waals surface area contributed by atoms with Crippen molar-refractivity contribution in [2.75, 3.05) is 11.1 Å². The average molecular weight is 233 g/mol. The first-order valence-electron chi connectivity index (χ1n) is 5.13. The highest BCUT2D eigenvalue weighted by Gasteiger charge is 2.04. The van der Waals surface area contributed by atoms with Crippen molar-refractivity contribution in [3.05, 3.63) is 36.4 Å². The van der Waals surface area contributed by atoms with Gasteiger partial charge < -0.3 is 16.8 Å². The Morgan fingerprint density at radius 1 is 1.41 bits per heavy atom. The van der Waals surface area contributed by atoms with Crippen LogP contribution in [-0.4, -0.2) is 11.8 Å². The quantitative estimate of drug-likeness (QED) is 0.518. The molecule has 90 valence electrons. The number of anilines is 2. The van der Waals surface area contributed by atoms with Gasteiger partial charge in [0.1, 0.15) is 0 Å². The maximum atomic E-state index is 11.2. The van der Waals surface area contributed by atoms with Gasteiger partial charge in [0.05, 0.1) is 11.4 Å². The second-order valence-corrected chi connectivity index (χ2v) is 3.58. The molecule has 5 N–H and O–H groups in total. The van der Waals surface area contributed by atoms with E-state index in [0.29, 0.717) is 17.8 Å². The van der Waals surface area contributed by atoms with Gasteiger partial charge in [-0.15, -0.1) is 0 Å². The zero-order chi connectivity index (χ0) is 12.8. The molecular weight excluding hydrogens is 218 g/mol. The van der Waals surface area contributed by atoms with E-state index in [4.69, 9.17) is 11.5 Å². The fourth-order valence-corrected chi connectivity index (χ4v) is 1.32. The van der Waals surface area contributed by atoms with Crippen LogP contribution in [0.5, 0.6) is 0 Å². The SMILES string of the molecule is C=CC(=O)Nc1cc(CCC(N)=O)ccc1N. The van der Waals surface area contributed by atoms with Crippen molar-refractivity contribution in [1.29, 1.82) is 0 Å². The maximum absolute atomic E-state index is 11.2. The summed E-state index contributed by atoms with van der Waals surface area (Å²) >= 11 is 0. The van der Waals surface area contributed by atoms with Crippen LogP contribution in [0.1, 0.15) is 12.0 Å². The molecule has 0 aliphatic rings. The molecule has 0 aliphatic heterocycles. The monoisotopic (exact) mass is 233 g/mol. The van der Waals surface area contributed by atoms with Crippen molar-refractivity contribution in [3.63, 3.8) is 0 Å². The van der Waals surface area contributed by atoms with Crippen molar-refractivity contribution >= 4 is 23.2 Å². The van der Waals surface area contributed by atoms with E-state index in [-0.39, 0.29) is 18.2 Å². The lowest BCUT2D eigenvalue weighted by Gasteiger charge is -2.08. The van der Waals surface area contributed by atoms with Crippen molar-refractivity contribution in [3.8, 4) is 0 Å². The van der Waals surface area contributed by atoms with Gasteiger partial charge in [-0.25, -0.2) is 0 Å². The largest absolute Gasteiger partial charge is 0.397 e. The molecule has 1 rings (SSSR count). The highest BCUT2D eigenvalue weighted by atomic mass is 16.1. The molecule has 0 bridgehead atoms. The summed E-state index contributed by atoms with van der Waals surface area (Å²) in [4.78, 5) is 21.8. The van der Waals surface area contributed by atoms with Crippen LogP contribution in [0.25, 0.3) is 0 Å². The second-order valence-electron chi connectivity index (χ2n) is 3.58. The molecule has 0 aliphatic carbocycles. The molecule has 0 atom stereocenters. The molecule has 0 unspecified atom stereocenters. The summed E-state index contributed by atoms with van der Waals surface area (Å²) in [6.07, 6.45) is 1.95. The first-order valence-corrected chi connectivity index (χ1v) is 5.13. The summed E-state index contributed by atoms with van der Waals surface area (Å²) in [5, 5.41) is 2.59. The highest BCUT2D eigenvalue weighted by molar-refractivity contribution is 6.00. The first kappa shape index (κ1) is 12.8. The van der Waals surface area contributed by atoms with E-state index in [9.17, 15) is 9.59 Å². The van der Waals surface area contributed by atoms with Crippen LogP contribution >= 0.6 is 0 Å². The number of hydrogen-bond acceptors (Lipinski definition) is 3. The van der Waals surface area contributed by atoms with Crippen molar-refractivity contribution in [2.24, 2.45) is 5.73 Å². The molecule has 5 heteroatoms. The van der Waals surface area contributed by atoms with E-state index >= 15 is 0 Å². The summed E-state index contributed by atoms with van der Waals surface area (Å²) < 4.78 is 0. The van der Waals surface area contributed by atoms with E-state index in [0.717, 1.165) is 11.6 Å². The minimum Gasteiger partial charge on any atom is -0.397 e. The molecule has 17 heavy (non-hydrogen) atoms. The number of benzene rings is 1. The lowest BCUT2D eigenvalue weighted by Crippen LogP contribution is -2.12. The third-order valence-corrected chi connectivity index (χ3v) is 2.22. The third-order valence-electron chi connectivity index (χ3n) is 2.22. The van der Waals surface area contributed by atoms with Gasteiger partial charge in [-0.3, -0.25) is 9.59 Å². The van der Waals surface area contributed by atoms with Gasteiger partial charge in [-0.1, -0.05) is 12.6 Å². The Bertz CT molecular complexity index is 455. The van der Waals surface area contributed by atoms with Gasteiger partial charge in [0.25, 0.3) is 0 Å². The average Bonchev–Trinajstić information content (AvgIpc) is 2.29. The van der Waals surface area contributed by atoms with Gasteiger partial charge in [0.2, 0.25) is 11.8 Å². The lowest BCUT2D eigenvalue weighted by atomic mass is 10.1. The summed E-state index contributed by atoms with van der Waals surface area (Å²) in [6, 6.07) is 5.19. The summed E-state index contributed by atoms with van der Waals surface area (Å²) in [6.45, 7) is 3.35. The predicted molar refractivity (Wildman–Crippen MR) is 67.2 cm³/mol. The van der Waals surface area contributed by atoms with Crippen LogP contribution in [0.3, 0.4) is 0 Å². The molecule has 1 aromatic carbocycles. The molecule has 1 aromatic rings. The molecule has 0 radical (unpaired) electrons. The molecule has 0 heterocycles. The fraction of sp³-hybridized carbons (Fsp3) is 0.167. The van der Waals surface area contributed by atoms with Crippen LogP contribution in [0.15, 0.2) is 30.9 Å². The Morgan fingerprint density at radius 2 is 2.12 bits per heavy atom. The molecule has 0 saturated carbocycles. The number of rotatable bonds is 5. The Balaban J connectivity index is 2.82. The van der Waals surface area contributed by atoms with E-state index in [1.165, 1.54) is 0 Å². The zero-order valence-electron chi connectivity index (χ0n) is 9.40. The molecule has 0 fully saturated rings. The summed E-state index contributed by atoms with van der Waals surface area (Å²) in [5.74, 6) is -0.692. The summed E-state index contributed by atoms with van der Waals surface area (Å²) in [5.41, 5.74) is 12.6. The molecule has 5 nitrogen and oxygen atoms in total. The van der Waals surface area contributed by atoms with Gasteiger partial charge in [0.15, 0.2) is 0 Å². The Hall–Kier alpha value is -2.30.